The number of amides is 1. The number of carbonyl (C=O) groups is 1. The Morgan fingerprint density at radius 2 is 1.82 bits per heavy atom. The van der Waals surface area contributed by atoms with Gasteiger partial charge in [0.25, 0.3) is 5.22 Å². The Kier molecular flexibility index (Phi) is 6.36. The molecule has 0 saturated carbocycles. The zero-order valence-corrected chi connectivity index (χ0v) is 17.2. The van der Waals surface area contributed by atoms with Gasteiger partial charge in [0.1, 0.15) is 5.75 Å². The number of thioether (sulfide) groups is 1. The number of rotatable bonds is 7. The number of hydrogen-bond acceptors (Lipinski definition) is 6. The van der Waals surface area contributed by atoms with Crippen molar-refractivity contribution in [3.63, 3.8) is 0 Å². The van der Waals surface area contributed by atoms with Crippen molar-refractivity contribution in [2.24, 2.45) is 0 Å². The lowest BCUT2D eigenvalue weighted by Gasteiger charge is -2.10. The van der Waals surface area contributed by atoms with Crippen LogP contribution in [0.1, 0.15) is 23.6 Å². The highest BCUT2D eigenvalue weighted by molar-refractivity contribution is 8.00. The molecule has 0 spiro atoms. The number of carbonyl (C=O) groups excluding carboxylic acids is 1. The molecule has 0 aliphatic heterocycles. The molecule has 0 fully saturated rings. The molecule has 0 radical (unpaired) electrons. The standard InChI is InChI=1S/C21H23N3O3S/c1-13-9-14(2)11-17(10-13)20-23-24-21(27-20)28-15(3)19(25)22-12-16-5-7-18(26-4)8-6-16/h5-11,15H,12H2,1-4H3,(H,22,25)/t15-/m0/s1. The smallest absolute Gasteiger partial charge is 0.277 e. The SMILES string of the molecule is COc1ccc(CNC(=O)[C@H](C)Sc2nnc(-c3cc(C)cc(C)c3)o2)cc1. The van der Waals surface area contributed by atoms with Gasteiger partial charge in [-0.15, -0.1) is 10.2 Å². The summed E-state index contributed by atoms with van der Waals surface area (Å²) in [5, 5.41) is 11.1. The maximum absolute atomic E-state index is 12.4. The Hall–Kier alpha value is -2.80. The first-order valence-corrected chi connectivity index (χ1v) is 9.82. The highest BCUT2D eigenvalue weighted by Gasteiger charge is 2.18. The Balaban J connectivity index is 1.57. The summed E-state index contributed by atoms with van der Waals surface area (Å²) in [5.74, 6) is 1.15. The van der Waals surface area contributed by atoms with E-state index in [-0.39, 0.29) is 11.2 Å². The van der Waals surface area contributed by atoms with Gasteiger partial charge in [0, 0.05) is 12.1 Å². The van der Waals surface area contributed by atoms with Crippen LogP contribution >= 0.6 is 11.8 Å². The molecule has 1 N–H and O–H groups in total. The fourth-order valence-electron chi connectivity index (χ4n) is 2.75. The summed E-state index contributed by atoms with van der Waals surface area (Å²) >= 11 is 1.24. The number of hydrogen-bond donors (Lipinski definition) is 1. The van der Waals surface area contributed by atoms with Crippen molar-refractivity contribution >= 4 is 17.7 Å². The van der Waals surface area contributed by atoms with E-state index in [4.69, 9.17) is 9.15 Å². The molecule has 0 aliphatic carbocycles. The third-order valence-corrected chi connectivity index (χ3v) is 5.08. The summed E-state index contributed by atoms with van der Waals surface area (Å²) in [6.45, 7) is 6.32. The predicted molar refractivity (Wildman–Crippen MR) is 109 cm³/mol. The summed E-state index contributed by atoms with van der Waals surface area (Å²) in [6.07, 6.45) is 0. The number of ether oxygens (including phenoxy) is 1. The van der Waals surface area contributed by atoms with Crippen LogP contribution in [0.25, 0.3) is 11.5 Å². The monoisotopic (exact) mass is 397 g/mol. The Labute approximate surface area is 168 Å². The molecule has 0 unspecified atom stereocenters. The van der Waals surface area contributed by atoms with Crippen molar-refractivity contribution in [1.29, 1.82) is 0 Å². The van der Waals surface area contributed by atoms with Crippen LogP contribution in [0, 0.1) is 13.8 Å². The van der Waals surface area contributed by atoms with Gasteiger partial charge in [0.2, 0.25) is 11.8 Å². The fraction of sp³-hybridized carbons (Fsp3) is 0.286. The highest BCUT2D eigenvalue weighted by Crippen LogP contribution is 2.27. The summed E-state index contributed by atoms with van der Waals surface area (Å²) in [4.78, 5) is 12.4. The second kappa shape index (κ2) is 8.93. The van der Waals surface area contributed by atoms with E-state index in [9.17, 15) is 4.79 Å². The lowest BCUT2D eigenvalue weighted by Crippen LogP contribution is -2.30. The summed E-state index contributed by atoms with van der Waals surface area (Å²) in [5.41, 5.74) is 4.15. The number of benzene rings is 2. The molecule has 3 rings (SSSR count). The van der Waals surface area contributed by atoms with Crippen LogP contribution in [0.5, 0.6) is 5.75 Å². The van der Waals surface area contributed by atoms with Gasteiger partial charge in [-0.3, -0.25) is 4.79 Å². The number of nitrogens with one attached hydrogen (secondary N) is 1. The lowest BCUT2D eigenvalue weighted by atomic mass is 10.1. The normalized spacial score (nSPS) is 11.9. The molecule has 0 bridgehead atoms. The fourth-order valence-corrected chi connectivity index (χ4v) is 3.46. The third kappa shape index (κ3) is 5.13. The summed E-state index contributed by atoms with van der Waals surface area (Å²) < 4.78 is 10.9. The third-order valence-electron chi connectivity index (χ3n) is 4.15. The molecular weight excluding hydrogens is 374 g/mol. The van der Waals surface area contributed by atoms with Gasteiger partial charge in [0.15, 0.2) is 0 Å². The molecule has 0 aliphatic rings. The minimum Gasteiger partial charge on any atom is -0.497 e. The van der Waals surface area contributed by atoms with E-state index >= 15 is 0 Å². The van der Waals surface area contributed by atoms with E-state index in [1.807, 2.05) is 57.2 Å². The molecule has 28 heavy (non-hydrogen) atoms. The van der Waals surface area contributed by atoms with Crippen LogP contribution < -0.4 is 10.1 Å². The molecule has 146 valence electrons. The van der Waals surface area contributed by atoms with Crippen molar-refractivity contribution in [2.75, 3.05) is 7.11 Å². The molecule has 1 atom stereocenters. The van der Waals surface area contributed by atoms with Crippen molar-refractivity contribution < 1.29 is 13.9 Å². The second-order valence-electron chi connectivity index (χ2n) is 6.58. The Morgan fingerprint density at radius 1 is 1.14 bits per heavy atom. The Bertz CT molecular complexity index is 934. The molecular formula is C21H23N3O3S. The maximum Gasteiger partial charge on any atom is 0.277 e. The second-order valence-corrected chi connectivity index (χ2v) is 7.87. The molecule has 7 heteroatoms. The minimum atomic E-state index is -0.356. The number of aryl methyl sites for hydroxylation is 2. The largest absolute Gasteiger partial charge is 0.497 e. The average Bonchev–Trinajstić information content (AvgIpc) is 3.14. The van der Waals surface area contributed by atoms with E-state index in [1.165, 1.54) is 11.8 Å². The quantitative estimate of drug-likeness (QED) is 0.603. The molecule has 6 nitrogen and oxygen atoms in total. The zero-order valence-electron chi connectivity index (χ0n) is 16.4. The van der Waals surface area contributed by atoms with Crippen LogP contribution in [-0.4, -0.2) is 28.5 Å². The lowest BCUT2D eigenvalue weighted by molar-refractivity contribution is -0.120. The summed E-state index contributed by atoms with van der Waals surface area (Å²) in [6, 6.07) is 13.7. The first kappa shape index (κ1) is 19.9. The van der Waals surface area contributed by atoms with Crippen molar-refractivity contribution in [3.05, 3.63) is 59.2 Å². The number of aromatic nitrogens is 2. The van der Waals surface area contributed by atoms with Crippen LogP contribution in [-0.2, 0) is 11.3 Å². The predicted octanol–water partition coefficient (Wildman–Crippen LogP) is 4.16. The molecule has 3 aromatic rings. The van der Waals surface area contributed by atoms with Crippen molar-refractivity contribution in [3.8, 4) is 17.2 Å². The topological polar surface area (TPSA) is 77.2 Å². The van der Waals surface area contributed by atoms with Gasteiger partial charge in [-0.2, -0.15) is 0 Å². The highest BCUT2D eigenvalue weighted by atomic mass is 32.2. The Morgan fingerprint density at radius 3 is 2.46 bits per heavy atom. The number of nitrogens with zero attached hydrogens (tertiary/aromatic N) is 2. The molecule has 1 heterocycles. The number of methoxy groups -OCH3 is 1. The van der Waals surface area contributed by atoms with Gasteiger partial charge >= 0.3 is 0 Å². The van der Waals surface area contributed by atoms with E-state index in [1.54, 1.807) is 7.11 Å². The van der Waals surface area contributed by atoms with E-state index < -0.39 is 0 Å². The molecule has 1 aromatic heterocycles. The van der Waals surface area contributed by atoms with Gasteiger partial charge in [-0.05, 0) is 50.6 Å². The average molecular weight is 398 g/mol. The van der Waals surface area contributed by atoms with Crippen LogP contribution in [0.3, 0.4) is 0 Å². The van der Waals surface area contributed by atoms with E-state index in [2.05, 4.69) is 21.6 Å². The first-order valence-electron chi connectivity index (χ1n) is 8.94. The van der Waals surface area contributed by atoms with E-state index in [0.717, 1.165) is 28.0 Å². The van der Waals surface area contributed by atoms with Crippen molar-refractivity contribution in [2.45, 2.75) is 37.8 Å². The van der Waals surface area contributed by atoms with Gasteiger partial charge in [0.05, 0.1) is 12.4 Å². The van der Waals surface area contributed by atoms with Crippen molar-refractivity contribution in [1.82, 2.24) is 15.5 Å². The molecule has 0 saturated heterocycles. The molecule has 1 amide bonds. The molecule has 2 aromatic carbocycles. The van der Waals surface area contributed by atoms with Crippen LogP contribution in [0.15, 0.2) is 52.1 Å². The van der Waals surface area contributed by atoms with Gasteiger partial charge < -0.3 is 14.5 Å². The zero-order chi connectivity index (χ0) is 20.1. The summed E-state index contributed by atoms with van der Waals surface area (Å²) in [7, 11) is 1.62. The maximum atomic E-state index is 12.4. The van der Waals surface area contributed by atoms with Gasteiger partial charge in [-0.1, -0.05) is 41.1 Å². The van der Waals surface area contributed by atoms with Crippen LogP contribution in [0.4, 0.5) is 0 Å². The minimum absolute atomic E-state index is 0.0908. The first-order chi connectivity index (χ1) is 13.4. The van der Waals surface area contributed by atoms with E-state index in [0.29, 0.717) is 17.7 Å². The van der Waals surface area contributed by atoms with Gasteiger partial charge in [-0.25, -0.2) is 0 Å². The van der Waals surface area contributed by atoms with Crippen LogP contribution in [0.2, 0.25) is 0 Å².